The Morgan fingerprint density at radius 2 is 1.85 bits per heavy atom. The Labute approximate surface area is 154 Å². The Balaban J connectivity index is 1.78. The molecule has 0 saturated carbocycles. The number of nitrogens with zero attached hydrogens (tertiary/aromatic N) is 1. The van der Waals surface area contributed by atoms with Crippen molar-refractivity contribution in [2.75, 3.05) is 18.1 Å². The van der Waals surface area contributed by atoms with E-state index in [1.165, 1.54) is 36.9 Å². The number of benzene rings is 1. The van der Waals surface area contributed by atoms with Crippen molar-refractivity contribution < 1.29 is 4.74 Å². The lowest BCUT2D eigenvalue weighted by atomic mass is 9.86. The van der Waals surface area contributed by atoms with Gasteiger partial charge in [-0.3, -0.25) is 9.59 Å². The maximum Gasteiger partial charge on any atom is 0.268 e. The van der Waals surface area contributed by atoms with E-state index in [-0.39, 0.29) is 17.1 Å². The number of hydrogen-bond acceptors (Lipinski definition) is 4. The highest BCUT2D eigenvalue weighted by Crippen LogP contribution is 2.36. The normalized spacial score (nSPS) is 16.1. The van der Waals surface area contributed by atoms with Crippen molar-refractivity contribution in [3.63, 3.8) is 0 Å². The third-order valence-electron chi connectivity index (χ3n) is 5.07. The van der Waals surface area contributed by atoms with E-state index in [9.17, 15) is 9.59 Å². The first-order valence-corrected chi connectivity index (χ1v) is 9.66. The van der Waals surface area contributed by atoms with Crippen LogP contribution in [-0.4, -0.2) is 13.2 Å². The summed E-state index contributed by atoms with van der Waals surface area (Å²) in [5, 5.41) is 0. The molecule has 0 radical (unpaired) electrons. The van der Waals surface area contributed by atoms with Crippen LogP contribution in [0, 0.1) is 0 Å². The van der Waals surface area contributed by atoms with Crippen LogP contribution >= 0.6 is 0 Å². The maximum absolute atomic E-state index is 12.0. The second-order valence-electron chi connectivity index (χ2n) is 6.86. The van der Waals surface area contributed by atoms with Gasteiger partial charge in [0.2, 0.25) is 5.43 Å². The van der Waals surface area contributed by atoms with Crippen LogP contribution in [0.3, 0.4) is 0 Å². The van der Waals surface area contributed by atoms with Crippen molar-refractivity contribution in [3.05, 3.63) is 68.1 Å². The largest absolute Gasteiger partial charge is 0.489 e. The minimum absolute atomic E-state index is 0.0978. The van der Waals surface area contributed by atoms with Gasteiger partial charge in [-0.2, -0.15) is 0 Å². The zero-order chi connectivity index (χ0) is 18.5. The minimum Gasteiger partial charge on any atom is -0.489 e. The Hall–Kier alpha value is -2.36. The van der Waals surface area contributed by atoms with E-state index in [1.807, 2.05) is 13.0 Å². The van der Waals surface area contributed by atoms with Crippen LogP contribution < -0.4 is 20.5 Å². The van der Waals surface area contributed by atoms with Crippen molar-refractivity contribution in [2.24, 2.45) is 0 Å². The van der Waals surface area contributed by atoms with Gasteiger partial charge in [0, 0.05) is 24.4 Å². The predicted molar refractivity (Wildman–Crippen MR) is 106 cm³/mol. The number of anilines is 1. The highest BCUT2D eigenvalue weighted by Gasteiger charge is 2.27. The Morgan fingerprint density at radius 3 is 2.62 bits per heavy atom. The SMILES string of the molecule is CCCCCCN1C=CC(Cc2c(OCC)c(=O)c2=O)c2ccccc21. The van der Waals surface area contributed by atoms with E-state index in [0.29, 0.717) is 18.6 Å². The second kappa shape index (κ2) is 8.35. The van der Waals surface area contributed by atoms with E-state index in [2.05, 4.69) is 42.3 Å². The summed E-state index contributed by atoms with van der Waals surface area (Å²) in [5.41, 5.74) is 2.08. The molecule has 1 heterocycles. The fraction of sp³-hybridized carbons (Fsp3) is 0.455. The van der Waals surface area contributed by atoms with Gasteiger partial charge in [-0.15, -0.1) is 0 Å². The van der Waals surface area contributed by atoms with E-state index >= 15 is 0 Å². The molecule has 1 unspecified atom stereocenters. The molecule has 4 heteroatoms. The molecule has 3 rings (SSSR count). The van der Waals surface area contributed by atoms with Crippen LogP contribution in [0.2, 0.25) is 0 Å². The first kappa shape index (κ1) is 18.4. The van der Waals surface area contributed by atoms with Gasteiger partial charge in [-0.25, -0.2) is 0 Å². The molecule has 0 spiro atoms. The molecule has 26 heavy (non-hydrogen) atoms. The summed E-state index contributed by atoms with van der Waals surface area (Å²) in [6.45, 7) is 5.45. The zero-order valence-electron chi connectivity index (χ0n) is 15.7. The van der Waals surface area contributed by atoms with Crippen LogP contribution in [0.4, 0.5) is 5.69 Å². The average Bonchev–Trinajstić information content (AvgIpc) is 2.68. The predicted octanol–water partition coefficient (Wildman–Crippen LogP) is 3.92. The molecule has 2 aromatic carbocycles. The third kappa shape index (κ3) is 3.59. The zero-order valence-corrected chi connectivity index (χ0v) is 15.7. The second-order valence-corrected chi connectivity index (χ2v) is 6.86. The number of para-hydroxylation sites is 1. The fourth-order valence-corrected chi connectivity index (χ4v) is 3.66. The van der Waals surface area contributed by atoms with Gasteiger partial charge in [-0.1, -0.05) is 50.5 Å². The number of rotatable bonds is 9. The van der Waals surface area contributed by atoms with E-state index in [1.54, 1.807) is 0 Å². The van der Waals surface area contributed by atoms with Crippen LogP contribution in [0.15, 0.2) is 46.1 Å². The van der Waals surface area contributed by atoms with Gasteiger partial charge >= 0.3 is 0 Å². The third-order valence-corrected chi connectivity index (χ3v) is 5.07. The van der Waals surface area contributed by atoms with Crippen molar-refractivity contribution in [2.45, 2.75) is 51.9 Å². The van der Waals surface area contributed by atoms with Crippen molar-refractivity contribution in [1.82, 2.24) is 0 Å². The number of fused-ring (bicyclic) bond motifs is 1. The van der Waals surface area contributed by atoms with Gasteiger partial charge in [-0.05, 0) is 31.4 Å². The molecule has 1 aliphatic rings. The molecule has 0 bridgehead atoms. The lowest BCUT2D eigenvalue weighted by Crippen LogP contribution is -2.38. The summed E-state index contributed by atoms with van der Waals surface area (Å²) in [7, 11) is 0. The van der Waals surface area contributed by atoms with Crippen LogP contribution in [0.5, 0.6) is 5.75 Å². The van der Waals surface area contributed by atoms with Crippen molar-refractivity contribution >= 4 is 5.69 Å². The first-order valence-electron chi connectivity index (χ1n) is 9.66. The average molecular weight is 353 g/mol. The van der Waals surface area contributed by atoms with Crippen LogP contribution in [-0.2, 0) is 6.42 Å². The number of hydrogen-bond donors (Lipinski definition) is 0. The monoisotopic (exact) mass is 353 g/mol. The molecule has 1 aliphatic heterocycles. The molecular weight excluding hydrogens is 326 g/mol. The molecular formula is C22H27NO3. The molecule has 138 valence electrons. The first-order chi connectivity index (χ1) is 12.7. The quantitative estimate of drug-likeness (QED) is 0.506. The van der Waals surface area contributed by atoms with Gasteiger partial charge in [0.1, 0.15) is 0 Å². The highest BCUT2D eigenvalue weighted by atomic mass is 16.5. The molecule has 0 saturated heterocycles. The Morgan fingerprint density at radius 1 is 1.04 bits per heavy atom. The number of allylic oxidation sites excluding steroid dienone is 1. The Kier molecular flexibility index (Phi) is 5.92. The summed E-state index contributed by atoms with van der Waals surface area (Å²) >= 11 is 0. The molecule has 4 nitrogen and oxygen atoms in total. The van der Waals surface area contributed by atoms with Crippen molar-refractivity contribution in [3.8, 4) is 5.75 Å². The molecule has 0 aromatic heterocycles. The van der Waals surface area contributed by atoms with Gasteiger partial charge in [0.05, 0.1) is 12.2 Å². The summed E-state index contributed by atoms with van der Waals surface area (Å²) in [5.74, 6) is 0.367. The molecule has 1 atom stereocenters. The minimum atomic E-state index is -0.479. The van der Waals surface area contributed by atoms with E-state index < -0.39 is 5.43 Å². The van der Waals surface area contributed by atoms with E-state index in [4.69, 9.17) is 4.74 Å². The maximum atomic E-state index is 12.0. The standard InChI is InChI=1S/C22H27NO3/c1-3-5-6-9-13-23-14-12-16(17-10-7-8-11-19(17)23)15-18-20(24)21(25)22(18)26-4-2/h7-8,10-12,14,16H,3-6,9,13,15H2,1-2H3. The highest BCUT2D eigenvalue weighted by molar-refractivity contribution is 5.61. The molecule has 2 aromatic rings. The molecule has 0 fully saturated rings. The molecule has 0 N–H and O–H groups in total. The molecule has 0 amide bonds. The molecule has 0 aliphatic carbocycles. The Bertz CT molecular complexity index is 845. The van der Waals surface area contributed by atoms with E-state index in [0.717, 1.165) is 6.54 Å². The summed E-state index contributed by atoms with van der Waals surface area (Å²) < 4.78 is 5.37. The summed E-state index contributed by atoms with van der Waals surface area (Å²) in [6.07, 6.45) is 9.72. The van der Waals surface area contributed by atoms with Gasteiger partial charge in [0.25, 0.3) is 5.43 Å². The van der Waals surface area contributed by atoms with Gasteiger partial charge < -0.3 is 9.64 Å². The lowest BCUT2D eigenvalue weighted by Gasteiger charge is -2.31. The topological polar surface area (TPSA) is 46.6 Å². The number of unbranched alkanes of at least 4 members (excludes halogenated alkanes) is 3. The van der Waals surface area contributed by atoms with Crippen molar-refractivity contribution in [1.29, 1.82) is 0 Å². The van der Waals surface area contributed by atoms with Crippen LogP contribution in [0.25, 0.3) is 0 Å². The van der Waals surface area contributed by atoms with Crippen LogP contribution in [0.1, 0.15) is 56.6 Å². The summed E-state index contributed by atoms with van der Waals surface area (Å²) in [4.78, 5) is 26.0. The number of ether oxygens (including phenoxy) is 1. The van der Waals surface area contributed by atoms with Gasteiger partial charge in [0.15, 0.2) is 5.75 Å². The fourth-order valence-electron chi connectivity index (χ4n) is 3.66. The smallest absolute Gasteiger partial charge is 0.268 e. The lowest BCUT2D eigenvalue weighted by molar-refractivity contribution is 0.327. The summed E-state index contributed by atoms with van der Waals surface area (Å²) in [6, 6.07) is 8.34.